The Labute approximate surface area is 102 Å². The van der Waals surface area contributed by atoms with E-state index in [9.17, 15) is 10.2 Å². The minimum Gasteiger partial charge on any atom is -0.389 e. The van der Waals surface area contributed by atoms with Crippen molar-refractivity contribution in [1.29, 1.82) is 0 Å². The van der Waals surface area contributed by atoms with Crippen molar-refractivity contribution in [3.8, 4) is 0 Å². The van der Waals surface area contributed by atoms with Gasteiger partial charge >= 0.3 is 0 Å². The number of nitrogens with one attached hydrogen (secondary N) is 2. The maximum absolute atomic E-state index is 9.46. The zero-order chi connectivity index (χ0) is 10.8. The number of aliphatic hydroxyl groups is 2. The van der Waals surface area contributed by atoms with Crippen LogP contribution in [0.1, 0.15) is 0 Å². The molecular formula is C8H18Br2N2O2. The SMILES string of the molecule is OC(CNCCBr)C(O)CNCCBr. The van der Waals surface area contributed by atoms with Crippen molar-refractivity contribution < 1.29 is 10.2 Å². The normalized spacial score (nSPS) is 15.4. The molecule has 14 heavy (non-hydrogen) atoms. The van der Waals surface area contributed by atoms with Gasteiger partial charge in [-0.05, 0) is 0 Å². The van der Waals surface area contributed by atoms with Gasteiger partial charge in [-0.15, -0.1) is 0 Å². The van der Waals surface area contributed by atoms with Crippen LogP contribution in [0.2, 0.25) is 0 Å². The van der Waals surface area contributed by atoms with Gasteiger partial charge in [0, 0.05) is 36.8 Å². The van der Waals surface area contributed by atoms with E-state index < -0.39 is 12.2 Å². The molecule has 86 valence electrons. The summed E-state index contributed by atoms with van der Waals surface area (Å²) in [5.74, 6) is 0. The van der Waals surface area contributed by atoms with Gasteiger partial charge < -0.3 is 20.8 Å². The summed E-state index contributed by atoms with van der Waals surface area (Å²) in [6, 6.07) is 0. The first-order valence-electron chi connectivity index (χ1n) is 4.61. The summed E-state index contributed by atoms with van der Waals surface area (Å²) in [7, 11) is 0. The molecule has 0 aliphatic carbocycles. The Hall–Kier alpha value is 0.800. The van der Waals surface area contributed by atoms with E-state index in [1.807, 2.05) is 0 Å². The molecule has 0 aliphatic heterocycles. The predicted molar refractivity (Wildman–Crippen MR) is 65.3 cm³/mol. The average molecular weight is 334 g/mol. The molecule has 0 radical (unpaired) electrons. The summed E-state index contributed by atoms with van der Waals surface area (Å²) < 4.78 is 0. The highest BCUT2D eigenvalue weighted by Crippen LogP contribution is 1.91. The molecule has 0 rings (SSSR count). The standard InChI is InChI=1S/C8H18Br2N2O2/c9-1-3-11-5-7(13)8(14)6-12-4-2-10/h7-8,11-14H,1-6H2. The van der Waals surface area contributed by atoms with E-state index in [1.165, 1.54) is 0 Å². The molecule has 4 N–H and O–H groups in total. The van der Waals surface area contributed by atoms with Crippen LogP contribution in [-0.2, 0) is 0 Å². The fraction of sp³-hybridized carbons (Fsp3) is 1.00. The van der Waals surface area contributed by atoms with Crippen LogP contribution in [0.4, 0.5) is 0 Å². The molecule has 0 aliphatic rings. The van der Waals surface area contributed by atoms with Gasteiger partial charge in [-0.1, -0.05) is 31.9 Å². The second kappa shape index (κ2) is 10.3. The summed E-state index contributed by atoms with van der Waals surface area (Å²) in [5, 5.41) is 26.6. The Morgan fingerprint density at radius 2 is 1.21 bits per heavy atom. The molecule has 2 atom stereocenters. The molecule has 2 unspecified atom stereocenters. The summed E-state index contributed by atoms with van der Waals surface area (Å²) in [5.41, 5.74) is 0. The van der Waals surface area contributed by atoms with Crippen LogP contribution in [0.15, 0.2) is 0 Å². The van der Waals surface area contributed by atoms with Gasteiger partial charge in [0.1, 0.15) is 0 Å². The third-order valence-electron chi connectivity index (χ3n) is 1.69. The number of alkyl halides is 2. The highest BCUT2D eigenvalue weighted by molar-refractivity contribution is 9.09. The van der Waals surface area contributed by atoms with Crippen LogP contribution < -0.4 is 10.6 Å². The number of hydrogen-bond acceptors (Lipinski definition) is 4. The van der Waals surface area contributed by atoms with Crippen LogP contribution >= 0.6 is 31.9 Å². The Kier molecular flexibility index (Phi) is 10.9. The fourth-order valence-electron chi connectivity index (χ4n) is 0.906. The lowest BCUT2D eigenvalue weighted by atomic mass is 10.2. The number of aliphatic hydroxyl groups excluding tert-OH is 2. The topological polar surface area (TPSA) is 64.5 Å². The van der Waals surface area contributed by atoms with E-state index in [2.05, 4.69) is 42.5 Å². The molecule has 0 bridgehead atoms. The number of hydrogen-bond donors (Lipinski definition) is 4. The second-order valence-corrected chi connectivity index (χ2v) is 4.51. The van der Waals surface area contributed by atoms with Gasteiger partial charge in [0.25, 0.3) is 0 Å². The molecule has 4 nitrogen and oxygen atoms in total. The minimum absolute atomic E-state index is 0.419. The Bertz CT molecular complexity index is 116. The first-order chi connectivity index (χ1) is 6.72. The molecule has 0 fully saturated rings. The zero-order valence-corrected chi connectivity index (χ0v) is 11.2. The second-order valence-electron chi connectivity index (χ2n) is 2.92. The van der Waals surface area contributed by atoms with Crippen molar-refractivity contribution in [1.82, 2.24) is 10.6 Å². The van der Waals surface area contributed by atoms with Crippen molar-refractivity contribution in [3.63, 3.8) is 0 Å². The van der Waals surface area contributed by atoms with Crippen molar-refractivity contribution in [2.24, 2.45) is 0 Å². The summed E-state index contributed by atoms with van der Waals surface area (Å²) in [6.07, 6.45) is -1.42. The molecule has 0 aromatic carbocycles. The van der Waals surface area contributed by atoms with Crippen molar-refractivity contribution >= 4 is 31.9 Å². The molecule has 0 amide bonds. The van der Waals surface area contributed by atoms with Crippen molar-refractivity contribution in [2.45, 2.75) is 12.2 Å². The minimum atomic E-state index is -0.711. The van der Waals surface area contributed by atoms with E-state index in [0.717, 1.165) is 23.7 Å². The molecule has 0 heterocycles. The average Bonchev–Trinajstić information content (AvgIpc) is 2.18. The Balaban J connectivity index is 3.39. The summed E-state index contributed by atoms with van der Waals surface area (Å²) in [6.45, 7) is 2.42. The molecule has 0 saturated heterocycles. The fourth-order valence-corrected chi connectivity index (χ4v) is 1.47. The van der Waals surface area contributed by atoms with Crippen molar-refractivity contribution in [3.05, 3.63) is 0 Å². The molecule has 0 aromatic rings. The molecule has 0 spiro atoms. The highest BCUT2D eigenvalue weighted by Gasteiger charge is 2.14. The van der Waals surface area contributed by atoms with Crippen LogP contribution in [-0.4, -0.2) is 59.3 Å². The Morgan fingerprint density at radius 3 is 1.50 bits per heavy atom. The first-order valence-corrected chi connectivity index (χ1v) is 6.86. The van der Waals surface area contributed by atoms with Gasteiger partial charge in [-0.3, -0.25) is 0 Å². The Morgan fingerprint density at radius 1 is 0.857 bits per heavy atom. The molecular weight excluding hydrogens is 316 g/mol. The van der Waals surface area contributed by atoms with Crippen molar-refractivity contribution in [2.75, 3.05) is 36.8 Å². The van der Waals surface area contributed by atoms with Crippen LogP contribution in [0.3, 0.4) is 0 Å². The lowest BCUT2D eigenvalue weighted by molar-refractivity contribution is 0.0216. The molecule has 6 heteroatoms. The first kappa shape index (κ1) is 14.8. The van der Waals surface area contributed by atoms with Gasteiger partial charge in [-0.25, -0.2) is 0 Å². The van der Waals surface area contributed by atoms with Gasteiger partial charge in [0.05, 0.1) is 12.2 Å². The van der Waals surface area contributed by atoms with E-state index in [4.69, 9.17) is 0 Å². The number of halogens is 2. The third-order valence-corrected chi connectivity index (χ3v) is 2.49. The van der Waals surface area contributed by atoms with E-state index in [1.54, 1.807) is 0 Å². The smallest absolute Gasteiger partial charge is 0.0935 e. The predicted octanol–water partition coefficient (Wildman–Crippen LogP) is -0.323. The van der Waals surface area contributed by atoms with E-state index >= 15 is 0 Å². The zero-order valence-electron chi connectivity index (χ0n) is 8.05. The third kappa shape index (κ3) is 8.14. The number of rotatable bonds is 9. The van der Waals surface area contributed by atoms with Crippen LogP contribution in [0.5, 0.6) is 0 Å². The van der Waals surface area contributed by atoms with E-state index in [-0.39, 0.29) is 0 Å². The lowest BCUT2D eigenvalue weighted by Crippen LogP contribution is -2.42. The summed E-state index contributed by atoms with van der Waals surface area (Å²) >= 11 is 6.53. The monoisotopic (exact) mass is 332 g/mol. The summed E-state index contributed by atoms with van der Waals surface area (Å²) in [4.78, 5) is 0. The molecule has 0 aromatic heterocycles. The van der Waals surface area contributed by atoms with Gasteiger partial charge in [0.2, 0.25) is 0 Å². The molecule has 0 saturated carbocycles. The van der Waals surface area contributed by atoms with Gasteiger partial charge in [-0.2, -0.15) is 0 Å². The lowest BCUT2D eigenvalue weighted by Gasteiger charge is -2.18. The maximum Gasteiger partial charge on any atom is 0.0935 e. The highest BCUT2D eigenvalue weighted by atomic mass is 79.9. The van der Waals surface area contributed by atoms with Gasteiger partial charge in [0.15, 0.2) is 0 Å². The maximum atomic E-state index is 9.46. The van der Waals surface area contributed by atoms with Crippen LogP contribution in [0.25, 0.3) is 0 Å². The largest absolute Gasteiger partial charge is 0.389 e. The quantitative estimate of drug-likeness (QED) is 0.345. The van der Waals surface area contributed by atoms with E-state index in [0.29, 0.717) is 13.1 Å². The van der Waals surface area contributed by atoms with Crippen LogP contribution in [0, 0.1) is 0 Å².